The number of carbonyl (C=O) groups is 2. The van der Waals surface area contributed by atoms with Crippen molar-refractivity contribution in [1.29, 1.82) is 0 Å². The number of fused-ring (bicyclic) bond motifs is 4. The maximum Gasteiger partial charge on any atom is 0.257 e. The highest BCUT2D eigenvalue weighted by molar-refractivity contribution is 9.10. The Kier molecular flexibility index (Phi) is 6.18. The maximum absolute atomic E-state index is 14.3. The van der Waals surface area contributed by atoms with Gasteiger partial charge in [-0.2, -0.15) is 0 Å². The Bertz CT molecular complexity index is 1320. The summed E-state index contributed by atoms with van der Waals surface area (Å²) < 4.78 is 21.2. The molecule has 0 saturated heterocycles. The second-order valence-corrected chi connectivity index (χ2v) is 8.22. The van der Waals surface area contributed by atoms with E-state index in [-0.39, 0.29) is 36.1 Å². The third-order valence-electron chi connectivity index (χ3n) is 5.50. The molecule has 2 aromatic heterocycles. The van der Waals surface area contributed by atoms with Gasteiger partial charge in [-0.25, -0.2) is 9.37 Å². The largest absolute Gasteiger partial charge is 0.387 e. The number of aliphatic hydroxyl groups excluding tert-OH is 1. The highest BCUT2D eigenvalue weighted by Gasteiger charge is 2.28. The molecule has 10 heteroatoms. The average molecular weight is 504 g/mol. The van der Waals surface area contributed by atoms with Crippen molar-refractivity contribution in [1.82, 2.24) is 14.9 Å². The number of pyridine rings is 2. The van der Waals surface area contributed by atoms with Gasteiger partial charge < -0.3 is 24.5 Å². The second kappa shape index (κ2) is 8.89. The Balaban J connectivity index is 1.98. The van der Waals surface area contributed by atoms with E-state index in [1.807, 2.05) is 0 Å². The zero-order valence-electron chi connectivity index (χ0n) is 17.1. The standard InChI is InChI=1S/C22H19BrFN3O5/c1-32-10-15-11(2-3-28)4-19-21-14(8-27(19)22(15)31)13(7-25-20(30)9-29)12-5-16(23)17(24)6-18(12)26-21/h3-6,29H,2,7-10H2,1H3,(H,25,30). The van der Waals surface area contributed by atoms with Crippen LogP contribution in [0.1, 0.15) is 22.3 Å². The lowest BCUT2D eigenvalue weighted by molar-refractivity contribution is -0.124. The van der Waals surface area contributed by atoms with Gasteiger partial charge in [-0.05, 0) is 39.2 Å². The van der Waals surface area contributed by atoms with Crippen molar-refractivity contribution in [2.75, 3.05) is 13.7 Å². The first-order valence-corrected chi connectivity index (χ1v) is 10.6. The molecule has 0 spiro atoms. The van der Waals surface area contributed by atoms with Gasteiger partial charge in [0.25, 0.3) is 5.56 Å². The molecule has 0 saturated carbocycles. The molecule has 1 aromatic carbocycles. The summed E-state index contributed by atoms with van der Waals surface area (Å²) in [4.78, 5) is 40.7. The van der Waals surface area contributed by atoms with Crippen LogP contribution in [-0.2, 0) is 40.4 Å². The molecule has 3 aromatic rings. The molecule has 8 nitrogen and oxygen atoms in total. The fourth-order valence-electron chi connectivity index (χ4n) is 4.01. The number of methoxy groups -OCH3 is 1. The van der Waals surface area contributed by atoms with E-state index in [9.17, 15) is 18.8 Å². The normalized spacial score (nSPS) is 12.0. The number of rotatable bonds is 7. The van der Waals surface area contributed by atoms with Gasteiger partial charge in [0.2, 0.25) is 5.91 Å². The highest BCUT2D eigenvalue weighted by atomic mass is 79.9. The number of hydrogen-bond acceptors (Lipinski definition) is 6. The zero-order chi connectivity index (χ0) is 23.0. The van der Waals surface area contributed by atoms with Crippen LogP contribution in [0, 0.1) is 5.82 Å². The summed E-state index contributed by atoms with van der Waals surface area (Å²) in [5.41, 5.74) is 3.38. The van der Waals surface area contributed by atoms with Crippen LogP contribution in [-0.4, -0.2) is 40.6 Å². The summed E-state index contributed by atoms with van der Waals surface area (Å²) in [6, 6.07) is 4.60. The number of carbonyl (C=O) groups excluding carboxylic acids is 2. The smallest absolute Gasteiger partial charge is 0.257 e. The molecule has 0 bridgehead atoms. The van der Waals surface area contributed by atoms with Gasteiger partial charge in [-0.15, -0.1) is 0 Å². The van der Waals surface area contributed by atoms with E-state index in [4.69, 9.17) is 9.84 Å². The zero-order valence-corrected chi connectivity index (χ0v) is 18.7. The monoisotopic (exact) mass is 503 g/mol. The molecular formula is C22H19BrFN3O5. The number of nitrogens with zero attached hydrogens (tertiary/aromatic N) is 2. The van der Waals surface area contributed by atoms with Crippen LogP contribution in [0.25, 0.3) is 22.3 Å². The lowest BCUT2D eigenvalue weighted by atomic mass is 9.99. The third kappa shape index (κ3) is 3.74. The second-order valence-electron chi connectivity index (χ2n) is 7.36. The molecule has 166 valence electrons. The van der Waals surface area contributed by atoms with Gasteiger partial charge in [-0.3, -0.25) is 9.59 Å². The molecule has 4 rings (SSSR count). The molecule has 0 fully saturated rings. The van der Waals surface area contributed by atoms with Crippen molar-refractivity contribution < 1.29 is 23.8 Å². The van der Waals surface area contributed by atoms with Crippen LogP contribution in [0.3, 0.4) is 0 Å². The van der Waals surface area contributed by atoms with Crippen molar-refractivity contribution in [2.24, 2.45) is 0 Å². The first-order valence-electron chi connectivity index (χ1n) is 9.76. The lowest BCUT2D eigenvalue weighted by Crippen LogP contribution is -2.27. The van der Waals surface area contributed by atoms with Gasteiger partial charge in [0.15, 0.2) is 0 Å². The molecular weight excluding hydrogens is 485 g/mol. The van der Waals surface area contributed by atoms with E-state index >= 15 is 0 Å². The molecule has 1 amide bonds. The molecule has 0 atom stereocenters. The Morgan fingerprint density at radius 3 is 2.84 bits per heavy atom. The number of ether oxygens (including phenoxy) is 1. The fraction of sp³-hybridized carbons (Fsp3) is 0.273. The van der Waals surface area contributed by atoms with E-state index in [0.717, 1.165) is 6.29 Å². The number of benzene rings is 1. The van der Waals surface area contributed by atoms with Crippen LogP contribution in [0.4, 0.5) is 4.39 Å². The molecule has 0 unspecified atom stereocenters. The SMILES string of the molecule is COCc1c(CC=O)cc2n(c1=O)Cc1c-2nc2cc(F)c(Br)cc2c1CNC(=O)CO. The van der Waals surface area contributed by atoms with Gasteiger partial charge in [0.05, 0.1) is 34.5 Å². The number of aromatic nitrogens is 2. The Morgan fingerprint density at radius 1 is 1.38 bits per heavy atom. The summed E-state index contributed by atoms with van der Waals surface area (Å²) in [5.74, 6) is -1.06. The fourth-order valence-corrected chi connectivity index (χ4v) is 4.36. The topological polar surface area (TPSA) is 111 Å². The van der Waals surface area contributed by atoms with E-state index < -0.39 is 18.3 Å². The predicted octanol–water partition coefficient (Wildman–Crippen LogP) is 1.82. The molecule has 0 aliphatic carbocycles. The average Bonchev–Trinajstić information content (AvgIpc) is 3.13. The lowest BCUT2D eigenvalue weighted by Gasteiger charge is -2.13. The van der Waals surface area contributed by atoms with Crippen LogP contribution >= 0.6 is 15.9 Å². The van der Waals surface area contributed by atoms with Crippen molar-refractivity contribution in [3.63, 3.8) is 0 Å². The molecule has 1 aliphatic heterocycles. The summed E-state index contributed by atoms with van der Waals surface area (Å²) in [5, 5.41) is 12.3. The number of aldehydes is 1. The van der Waals surface area contributed by atoms with E-state index in [0.29, 0.717) is 44.5 Å². The minimum atomic E-state index is -0.668. The van der Waals surface area contributed by atoms with Gasteiger partial charge in [0, 0.05) is 42.7 Å². The number of halogens is 2. The van der Waals surface area contributed by atoms with Crippen molar-refractivity contribution in [3.05, 3.63) is 61.1 Å². The molecule has 1 aliphatic rings. The minimum Gasteiger partial charge on any atom is -0.387 e. The highest BCUT2D eigenvalue weighted by Crippen LogP contribution is 2.37. The van der Waals surface area contributed by atoms with Crippen molar-refractivity contribution >= 4 is 39.0 Å². The van der Waals surface area contributed by atoms with E-state index in [1.165, 1.54) is 13.2 Å². The third-order valence-corrected chi connectivity index (χ3v) is 6.10. The molecule has 2 N–H and O–H groups in total. The first kappa shape index (κ1) is 22.3. The van der Waals surface area contributed by atoms with Crippen molar-refractivity contribution in [2.45, 2.75) is 26.1 Å². The van der Waals surface area contributed by atoms with E-state index in [1.54, 1.807) is 16.7 Å². The number of aliphatic hydroxyl groups is 1. The summed E-state index contributed by atoms with van der Waals surface area (Å²) in [7, 11) is 1.47. The molecule has 0 radical (unpaired) electrons. The summed E-state index contributed by atoms with van der Waals surface area (Å²) in [6.07, 6.45) is 0.767. The number of amides is 1. The Morgan fingerprint density at radius 2 is 2.16 bits per heavy atom. The van der Waals surface area contributed by atoms with Crippen LogP contribution in [0.2, 0.25) is 0 Å². The van der Waals surface area contributed by atoms with Crippen molar-refractivity contribution in [3.8, 4) is 11.4 Å². The maximum atomic E-state index is 14.3. The predicted molar refractivity (Wildman–Crippen MR) is 118 cm³/mol. The summed E-state index contributed by atoms with van der Waals surface area (Å²) >= 11 is 3.19. The van der Waals surface area contributed by atoms with E-state index in [2.05, 4.69) is 26.2 Å². The Labute approximate surface area is 190 Å². The molecule has 3 heterocycles. The van der Waals surface area contributed by atoms with Crippen LogP contribution in [0.5, 0.6) is 0 Å². The van der Waals surface area contributed by atoms with Crippen LogP contribution < -0.4 is 10.9 Å². The number of nitrogens with one attached hydrogen (secondary N) is 1. The summed E-state index contributed by atoms with van der Waals surface area (Å²) in [6.45, 7) is -0.345. The van der Waals surface area contributed by atoms with Gasteiger partial charge >= 0.3 is 0 Å². The Hall–Kier alpha value is -2.95. The molecule has 32 heavy (non-hydrogen) atoms. The number of hydrogen-bond donors (Lipinski definition) is 2. The quantitative estimate of drug-likeness (QED) is 0.372. The van der Waals surface area contributed by atoms with Gasteiger partial charge in [-0.1, -0.05) is 0 Å². The van der Waals surface area contributed by atoms with Gasteiger partial charge in [0.1, 0.15) is 18.7 Å². The minimum absolute atomic E-state index is 0.0473. The first-order chi connectivity index (χ1) is 15.4. The van der Waals surface area contributed by atoms with Crippen LogP contribution in [0.15, 0.2) is 27.5 Å².